The number of fused-ring (bicyclic) bond motifs is 7. The normalized spacial score (nSPS) is 19.6. The number of ether oxygens (including phenoxy) is 1. The van der Waals surface area contributed by atoms with E-state index in [1.54, 1.807) is 16.0 Å². The Morgan fingerprint density at radius 3 is 2.81 bits per heavy atom. The van der Waals surface area contributed by atoms with E-state index in [0.717, 1.165) is 16.5 Å². The predicted molar refractivity (Wildman–Crippen MR) is 130 cm³/mol. The molecular formula is C26H21F2N3O4S. The molecule has 0 radical (unpaired) electrons. The van der Waals surface area contributed by atoms with Gasteiger partial charge in [0.1, 0.15) is 25.1 Å². The molecule has 3 aliphatic heterocycles. The summed E-state index contributed by atoms with van der Waals surface area (Å²) in [4.78, 5) is 28.1. The Kier molecular flexibility index (Phi) is 5.48. The fraction of sp³-hybridized carbons (Fsp3) is 0.231. The van der Waals surface area contributed by atoms with Crippen molar-refractivity contribution in [3.05, 3.63) is 99.0 Å². The number of rotatable bonds is 0. The van der Waals surface area contributed by atoms with Crippen LogP contribution in [0.3, 0.4) is 0 Å². The van der Waals surface area contributed by atoms with E-state index >= 15 is 4.39 Å². The maximum atomic E-state index is 15.3. The molecule has 1 aromatic heterocycles. The van der Waals surface area contributed by atoms with Gasteiger partial charge in [-0.05, 0) is 18.1 Å². The summed E-state index contributed by atoms with van der Waals surface area (Å²) in [6.07, 6.45) is 5.55. The largest absolute Gasteiger partial charge is 0.502 e. The van der Waals surface area contributed by atoms with Crippen molar-refractivity contribution in [1.29, 1.82) is 0 Å². The van der Waals surface area contributed by atoms with Gasteiger partial charge >= 0.3 is 0 Å². The second-order valence-electron chi connectivity index (χ2n) is 8.73. The van der Waals surface area contributed by atoms with Crippen molar-refractivity contribution in [1.82, 2.24) is 9.58 Å². The molecular weight excluding hydrogens is 488 g/mol. The lowest BCUT2D eigenvalue weighted by molar-refractivity contribution is 0.0682. The van der Waals surface area contributed by atoms with Crippen LogP contribution in [0.25, 0.3) is 0 Å². The van der Waals surface area contributed by atoms with Crippen LogP contribution in [0.1, 0.15) is 39.6 Å². The molecule has 0 saturated carbocycles. The van der Waals surface area contributed by atoms with E-state index in [1.807, 2.05) is 30.3 Å². The van der Waals surface area contributed by atoms with E-state index in [0.29, 0.717) is 18.5 Å². The van der Waals surface area contributed by atoms with Gasteiger partial charge in [0.25, 0.3) is 5.91 Å². The molecule has 3 aliphatic rings. The predicted octanol–water partition coefficient (Wildman–Crippen LogP) is 3.92. The lowest BCUT2D eigenvalue weighted by atomic mass is 9.92. The molecule has 0 unspecified atom stereocenters. The molecule has 1 N–H and O–H groups in total. The third-order valence-electron chi connectivity index (χ3n) is 6.68. The van der Waals surface area contributed by atoms with Gasteiger partial charge in [-0.3, -0.25) is 19.3 Å². The van der Waals surface area contributed by atoms with Crippen LogP contribution in [-0.2, 0) is 5.75 Å². The van der Waals surface area contributed by atoms with Crippen molar-refractivity contribution in [3.8, 4) is 11.5 Å². The molecule has 0 saturated heterocycles. The van der Waals surface area contributed by atoms with Crippen molar-refractivity contribution < 1.29 is 23.4 Å². The topological polar surface area (TPSA) is 75.0 Å². The molecule has 10 heteroatoms. The molecule has 0 spiro atoms. The van der Waals surface area contributed by atoms with Gasteiger partial charge in [0.2, 0.25) is 5.43 Å². The van der Waals surface area contributed by atoms with Gasteiger partial charge < -0.3 is 14.7 Å². The average Bonchev–Trinajstić information content (AvgIpc) is 3.04. The van der Waals surface area contributed by atoms with Crippen LogP contribution in [0.5, 0.6) is 11.5 Å². The number of carbonyl (C=O) groups is 1. The molecule has 7 nitrogen and oxygen atoms in total. The fourth-order valence-electron chi connectivity index (χ4n) is 5.00. The number of aromatic nitrogens is 1. The highest BCUT2D eigenvalue weighted by atomic mass is 32.2. The zero-order valence-corrected chi connectivity index (χ0v) is 19.8. The summed E-state index contributed by atoms with van der Waals surface area (Å²) in [7, 11) is 0. The van der Waals surface area contributed by atoms with Gasteiger partial charge in [0.05, 0.1) is 0 Å². The van der Waals surface area contributed by atoms with Crippen LogP contribution in [0.15, 0.2) is 64.4 Å². The summed E-state index contributed by atoms with van der Waals surface area (Å²) in [5.74, 6) is -2.70. The molecule has 0 fully saturated rings. The third kappa shape index (κ3) is 3.47. The number of nitrogens with zero attached hydrogens (tertiary/aromatic N) is 3. The van der Waals surface area contributed by atoms with Gasteiger partial charge in [-0.1, -0.05) is 30.4 Å². The molecule has 1 atom stereocenters. The van der Waals surface area contributed by atoms with E-state index in [4.69, 9.17) is 4.74 Å². The highest BCUT2D eigenvalue weighted by Gasteiger charge is 2.40. The van der Waals surface area contributed by atoms with Crippen LogP contribution < -0.4 is 15.2 Å². The first-order valence-corrected chi connectivity index (χ1v) is 12.5. The van der Waals surface area contributed by atoms with Crippen molar-refractivity contribution in [2.24, 2.45) is 0 Å². The summed E-state index contributed by atoms with van der Waals surface area (Å²) < 4.78 is 37.5. The fourth-order valence-corrected chi connectivity index (χ4v) is 6.10. The molecule has 2 aromatic carbocycles. The van der Waals surface area contributed by atoms with Crippen LogP contribution >= 0.6 is 11.8 Å². The number of hydrogen-bond acceptors (Lipinski definition) is 6. The Morgan fingerprint density at radius 2 is 1.94 bits per heavy atom. The standard InChI is InChI=1S/C26H21F2N3O4S/c27-17-12-19-21-16(22(17)28)13-36-20-7-3-2-6-15(20)23(21)31-14-29(9-4-1-5-11-35-19)26(34)24-25(33)18(32)8-10-30(24)31/h1-3,5-8,10,12,23,33H,4,9,11,13-14H2/b5-1-/t23-/m1/s1. The molecule has 184 valence electrons. The molecule has 0 aliphatic carbocycles. The first kappa shape index (κ1) is 22.7. The van der Waals surface area contributed by atoms with Crippen LogP contribution in [0, 0.1) is 11.6 Å². The highest BCUT2D eigenvalue weighted by Crippen LogP contribution is 2.47. The quantitative estimate of drug-likeness (QED) is 0.463. The highest BCUT2D eigenvalue weighted by molar-refractivity contribution is 7.98. The summed E-state index contributed by atoms with van der Waals surface area (Å²) in [6.45, 7) is 0.565. The van der Waals surface area contributed by atoms with Crippen LogP contribution in [0.2, 0.25) is 0 Å². The molecule has 2 bridgehead atoms. The van der Waals surface area contributed by atoms with Crippen molar-refractivity contribution >= 4 is 17.7 Å². The Balaban J connectivity index is 1.70. The first-order chi connectivity index (χ1) is 17.5. The zero-order chi connectivity index (χ0) is 25.0. The molecule has 1 amide bonds. The lowest BCUT2D eigenvalue weighted by Crippen LogP contribution is -2.55. The number of benzene rings is 2. The van der Waals surface area contributed by atoms with Gasteiger partial charge in [-0.25, -0.2) is 8.78 Å². The monoisotopic (exact) mass is 509 g/mol. The van der Waals surface area contributed by atoms with E-state index in [-0.39, 0.29) is 36.0 Å². The van der Waals surface area contributed by atoms with Crippen LogP contribution in [0.4, 0.5) is 8.78 Å². The number of amides is 1. The summed E-state index contributed by atoms with van der Waals surface area (Å²) in [6, 6.07) is 9.09. The van der Waals surface area contributed by atoms with Crippen molar-refractivity contribution in [2.45, 2.75) is 23.1 Å². The Hall–Kier alpha value is -3.79. The van der Waals surface area contributed by atoms with Gasteiger partial charge in [0, 0.05) is 46.6 Å². The van der Waals surface area contributed by atoms with Crippen molar-refractivity contribution in [3.63, 3.8) is 0 Å². The van der Waals surface area contributed by atoms with E-state index in [9.17, 15) is 19.1 Å². The number of halogens is 2. The van der Waals surface area contributed by atoms with Crippen LogP contribution in [-0.4, -0.2) is 40.4 Å². The maximum Gasteiger partial charge on any atom is 0.277 e. The minimum atomic E-state index is -0.998. The number of carbonyl (C=O) groups excluding carboxylic acids is 1. The van der Waals surface area contributed by atoms with Gasteiger partial charge in [-0.2, -0.15) is 0 Å². The minimum absolute atomic E-state index is 0.0868. The van der Waals surface area contributed by atoms with Crippen molar-refractivity contribution in [2.75, 3.05) is 24.8 Å². The number of pyridine rings is 1. The molecule has 3 aromatic rings. The maximum absolute atomic E-state index is 15.3. The summed E-state index contributed by atoms with van der Waals surface area (Å²) in [5.41, 5.74) is 0.581. The molecule has 6 rings (SSSR count). The second-order valence-corrected chi connectivity index (χ2v) is 9.75. The summed E-state index contributed by atoms with van der Waals surface area (Å²) >= 11 is 1.39. The van der Waals surface area contributed by atoms with Gasteiger partial charge in [0.15, 0.2) is 23.1 Å². The SMILES string of the molecule is O=C1c2c(O)c(=O)ccn2N2CN1CC/C=C\COc1cc(F)c(F)c3c1[C@H]2c1ccccc1SC3. The second kappa shape index (κ2) is 8.70. The summed E-state index contributed by atoms with van der Waals surface area (Å²) in [5, 5.41) is 12.4. The third-order valence-corrected chi connectivity index (χ3v) is 7.80. The van der Waals surface area contributed by atoms with E-state index < -0.39 is 34.8 Å². The average molecular weight is 510 g/mol. The van der Waals surface area contributed by atoms with Gasteiger partial charge in [-0.15, -0.1) is 11.8 Å². The Morgan fingerprint density at radius 1 is 1.11 bits per heavy atom. The molecule has 36 heavy (non-hydrogen) atoms. The smallest absolute Gasteiger partial charge is 0.277 e. The number of aromatic hydroxyl groups is 1. The number of hydrogen-bond donors (Lipinski definition) is 1. The first-order valence-electron chi connectivity index (χ1n) is 11.5. The Labute approximate surface area is 209 Å². The lowest BCUT2D eigenvalue weighted by Gasteiger charge is -2.44. The Bertz CT molecular complexity index is 1490. The van der Waals surface area contributed by atoms with E-state index in [1.165, 1.54) is 28.7 Å². The minimum Gasteiger partial charge on any atom is -0.502 e. The number of thioether (sulfide) groups is 1. The van der Waals surface area contributed by atoms with E-state index in [2.05, 4.69) is 0 Å². The molecule has 4 heterocycles. The zero-order valence-electron chi connectivity index (χ0n) is 19.0.